The molecule has 11 heteroatoms. The minimum absolute atomic E-state index is 0.0402. The van der Waals surface area contributed by atoms with Gasteiger partial charge in [0.05, 0.1) is 18.7 Å². The largest absolute Gasteiger partial charge is 0.508 e. The van der Waals surface area contributed by atoms with Crippen LogP contribution < -0.4 is 21.7 Å². The van der Waals surface area contributed by atoms with Crippen molar-refractivity contribution in [3.63, 3.8) is 0 Å². The molecule has 0 aliphatic carbocycles. The summed E-state index contributed by atoms with van der Waals surface area (Å²) in [4.78, 5) is 48.0. The molecule has 0 bridgehead atoms. The third kappa shape index (κ3) is 8.60. The number of hydrogen-bond donors (Lipinski definition) is 7. The van der Waals surface area contributed by atoms with Crippen LogP contribution in [0.4, 0.5) is 0 Å². The number of aliphatic carboxylic acids is 1. The van der Waals surface area contributed by atoms with Crippen molar-refractivity contribution in [1.82, 2.24) is 16.0 Å². The van der Waals surface area contributed by atoms with Gasteiger partial charge in [-0.2, -0.15) is 0 Å². The Bertz CT molecular complexity index is 780. The first-order valence-corrected chi connectivity index (χ1v) is 9.74. The average Bonchev–Trinajstić information content (AvgIpc) is 2.69. The van der Waals surface area contributed by atoms with Crippen molar-refractivity contribution in [1.29, 1.82) is 0 Å². The fourth-order valence-electron chi connectivity index (χ4n) is 2.55. The van der Waals surface area contributed by atoms with Crippen LogP contribution in [0.3, 0.4) is 0 Å². The Balaban J connectivity index is 2.84. The fraction of sp³-hybridized carbons (Fsp3) is 0.500. The molecule has 1 aromatic rings. The van der Waals surface area contributed by atoms with E-state index >= 15 is 0 Å². The van der Waals surface area contributed by atoms with Crippen LogP contribution >= 0.6 is 0 Å². The van der Waals surface area contributed by atoms with Gasteiger partial charge in [-0.05, 0) is 30.5 Å². The van der Waals surface area contributed by atoms with Gasteiger partial charge in [-0.25, -0.2) is 4.79 Å². The van der Waals surface area contributed by atoms with E-state index in [0.29, 0.717) is 5.56 Å². The molecule has 172 valence electrons. The van der Waals surface area contributed by atoms with Gasteiger partial charge in [-0.15, -0.1) is 0 Å². The van der Waals surface area contributed by atoms with Crippen LogP contribution in [0.1, 0.15) is 26.3 Å². The summed E-state index contributed by atoms with van der Waals surface area (Å²) in [5.74, 6) is -3.60. The summed E-state index contributed by atoms with van der Waals surface area (Å²) in [6, 6.07) is 2.58. The second kappa shape index (κ2) is 11.9. The molecule has 31 heavy (non-hydrogen) atoms. The van der Waals surface area contributed by atoms with Crippen molar-refractivity contribution in [2.45, 2.75) is 51.4 Å². The summed E-state index contributed by atoms with van der Waals surface area (Å²) >= 11 is 0. The van der Waals surface area contributed by atoms with E-state index in [1.807, 2.05) is 0 Å². The molecule has 0 saturated heterocycles. The van der Waals surface area contributed by atoms with Gasteiger partial charge >= 0.3 is 5.97 Å². The molecule has 1 rings (SSSR count). The van der Waals surface area contributed by atoms with Gasteiger partial charge in [0.25, 0.3) is 0 Å². The third-order valence-electron chi connectivity index (χ3n) is 4.52. The van der Waals surface area contributed by atoms with E-state index in [9.17, 15) is 29.4 Å². The van der Waals surface area contributed by atoms with Gasteiger partial charge < -0.3 is 37.0 Å². The molecule has 1 aromatic carbocycles. The lowest BCUT2D eigenvalue weighted by atomic mass is 10.0. The van der Waals surface area contributed by atoms with Crippen LogP contribution in [0.25, 0.3) is 0 Å². The number of phenolic OH excluding ortho intramolecular Hbond substituents is 1. The van der Waals surface area contributed by atoms with E-state index in [4.69, 9.17) is 10.8 Å². The van der Waals surface area contributed by atoms with Crippen LogP contribution in [0.15, 0.2) is 24.3 Å². The Kier molecular flexibility index (Phi) is 9.90. The molecule has 0 fully saturated rings. The molecule has 8 N–H and O–H groups in total. The van der Waals surface area contributed by atoms with Crippen molar-refractivity contribution in [3.05, 3.63) is 29.8 Å². The number of carbonyl (C=O) groups excluding carboxylic acids is 3. The maximum Gasteiger partial charge on any atom is 0.328 e. The first-order chi connectivity index (χ1) is 14.4. The van der Waals surface area contributed by atoms with Crippen molar-refractivity contribution in [2.75, 3.05) is 6.54 Å². The number of rotatable bonds is 11. The van der Waals surface area contributed by atoms with Crippen LogP contribution in [0.2, 0.25) is 0 Å². The van der Waals surface area contributed by atoms with E-state index in [1.54, 1.807) is 26.0 Å². The summed E-state index contributed by atoms with van der Waals surface area (Å²) < 4.78 is 0. The van der Waals surface area contributed by atoms with Crippen LogP contribution in [-0.2, 0) is 25.6 Å². The molecule has 3 amide bonds. The van der Waals surface area contributed by atoms with Gasteiger partial charge in [0.2, 0.25) is 17.7 Å². The van der Waals surface area contributed by atoms with E-state index in [-0.39, 0.29) is 18.1 Å². The number of aliphatic hydroxyl groups is 1. The van der Waals surface area contributed by atoms with Gasteiger partial charge in [-0.1, -0.05) is 26.0 Å². The van der Waals surface area contributed by atoms with E-state index in [2.05, 4.69) is 16.0 Å². The number of benzene rings is 1. The molecule has 0 heterocycles. The summed E-state index contributed by atoms with van der Waals surface area (Å²) in [5.41, 5.74) is 6.47. The van der Waals surface area contributed by atoms with Crippen molar-refractivity contribution in [3.8, 4) is 5.75 Å². The number of nitrogens with one attached hydrogen (secondary N) is 3. The predicted octanol–water partition coefficient (Wildman–Crippen LogP) is -1.53. The predicted molar refractivity (Wildman–Crippen MR) is 111 cm³/mol. The van der Waals surface area contributed by atoms with Crippen molar-refractivity contribution < 1.29 is 34.5 Å². The van der Waals surface area contributed by atoms with E-state index in [1.165, 1.54) is 19.1 Å². The lowest BCUT2D eigenvalue weighted by molar-refractivity contribution is -0.144. The standard InChI is InChI=1S/C20H30N4O7/c1-10(2)16(21)19(29)23-14(8-12-4-6-13(26)7-5-12)18(28)22-9-15(27)24-17(11(3)25)20(30)31/h4-7,10-11,14,16-17,25-26H,8-9,21H2,1-3H3,(H,22,28)(H,23,29)(H,24,27)(H,30,31). The molecule has 0 saturated carbocycles. The second-order valence-electron chi connectivity index (χ2n) is 7.54. The monoisotopic (exact) mass is 438 g/mol. The second-order valence-corrected chi connectivity index (χ2v) is 7.54. The van der Waals surface area contributed by atoms with Crippen LogP contribution in [0.5, 0.6) is 5.75 Å². The van der Waals surface area contributed by atoms with Crippen molar-refractivity contribution in [2.24, 2.45) is 11.7 Å². The van der Waals surface area contributed by atoms with Crippen LogP contribution in [-0.4, -0.2) is 69.8 Å². The van der Waals surface area contributed by atoms with Gasteiger partial charge in [-0.3, -0.25) is 14.4 Å². The molecule has 4 unspecified atom stereocenters. The van der Waals surface area contributed by atoms with Crippen molar-refractivity contribution >= 4 is 23.7 Å². The molecule has 0 aliphatic rings. The number of aliphatic hydroxyl groups excluding tert-OH is 1. The highest BCUT2D eigenvalue weighted by Gasteiger charge is 2.27. The summed E-state index contributed by atoms with van der Waals surface area (Å²) in [7, 11) is 0. The topological polar surface area (TPSA) is 191 Å². The highest BCUT2D eigenvalue weighted by Crippen LogP contribution is 2.12. The van der Waals surface area contributed by atoms with Gasteiger partial charge in [0, 0.05) is 6.42 Å². The zero-order chi connectivity index (χ0) is 23.7. The summed E-state index contributed by atoms with van der Waals surface area (Å²) in [5, 5.41) is 34.8. The highest BCUT2D eigenvalue weighted by atomic mass is 16.4. The normalized spacial score (nSPS) is 14.8. The Morgan fingerprint density at radius 1 is 1.00 bits per heavy atom. The quantitative estimate of drug-likeness (QED) is 0.216. The zero-order valence-corrected chi connectivity index (χ0v) is 17.7. The number of hydrogen-bond acceptors (Lipinski definition) is 7. The summed E-state index contributed by atoms with van der Waals surface area (Å²) in [6.07, 6.45) is -1.27. The number of nitrogens with two attached hydrogens (primary N) is 1. The zero-order valence-electron chi connectivity index (χ0n) is 17.7. The summed E-state index contributed by atoms with van der Waals surface area (Å²) in [6.45, 7) is 4.15. The van der Waals surface area contributed by atoms with Gasteiger partial charge in [0.1, 0.15) is 11.8 Å². The lowest BCUT2D eigenvalue weighted by Crippen LogP contribution is -2.55. The maximum absolute atomic E-state index is 12.6. The number of phenols is 1. The molecule has 0 radical (unpaired) electrons. The number of carbonyl (C=O) groups is 4. The average molecular weight is 438 g/mol. The first kappa shape index (κ1) is 25.9. The molecule has 11 nitrogen and oxygen atoms in total. The van der Waals surface area contributed by atoms with Gasteiger partial charge in [0.15, 0.2) is 6.04 Å². The SMILES string of the molecule is CC(C)C(N)C(=O)NC(Cc1ccc(O)cc1)C(=O)NCC(=O)NC(C(=O)O)C(C)O. The first-order valence-electron chi connectivity index (χ1n) is 9.74. The fourth-order valence-corrected chi connectivity index (χ4v) is 2.55. The molecular weight excluding hydrogens is 408 g/mol. The number of carboxylic acids is 1. The number of amides is 3. The Hall–Kier alpha value is -3.18. The molecule has 0 aliphatic heterocycles. The minimum atomic E-state index is -1.53. The Morgan fingerprint density at radius 3 is 2.06 bits per heavy atom. The Labute approximate surface area is 180 Å². The number of carboxylic acid groups (broad SMARTS) is 1. The minimum Gasteiger partial charge on any atom is -0.508 e. The Morgan fingerprint density at radius 2 is 1.58 bits per heavy atom. The molecule has 4 atom stereocenters. The van der Waals surface area contributed by atoms with Crippen LogP contribution in [0, 0.1) is 5.92 Å². The lowest BCUT2D eigenvalue weighted by Gasteiger charge is -2.22. The number of aromatic hydroxyl groups is 1. The molecule has 0 spiro atoms. The van der Waals surface area contributed by atoms with E-state index in [0.717, 1.165) is 0 Å². The van der Waals surface area contributed by atoms with E-state index < -0.39 is 54.5 Å². The maximum atomic E-state index is 12.6. The molecular formula is C20H30N4O7. The third-order valence-corrected chi connectivity index (χ3v) is 4.52. The molecule has 0 aromatic heterocycles. The highest BCUT2D eigenvalue weighted by molar-refractivity contribution is 5.92. The smallest absolute Gasteiger partial charge is 0.328 e.